The molecule has 2 aromatic heterocycles. The van der Waals surface area contributed by atoms with E-state index in [0.717, 1.165) is 42.1 Å². The molecule has 1 aliphatic heterocycles. The molecule has 0 radical (unpaired) electrons. The molecule has 152 valence electrons. The molecule has 7 heteroatoms. The van der Waals surface area contributed by atoms with Crippen molar-refractivity contribution in [2.45, 2.75) is 6.54 Å². The fourth-order valence-electron chi connectivity index (χ4n) is 3.93. The summed E-state index contributed by atoms with van der Waals surface area (Å²) < 4.78 is 13.2. The van der Waals surface area contributed by atoms with Crippen molar-refractivity contribution in [3.63, 3.8) is 0 Å². The summed E-state index contributed by atoms with van der Waals surface area (Å²) in [6.45, 7) is 4.36. The molecule has 1 saturated heterocycles. The van der Waals surface area contributed by atoms with E-state index in [0.29, 0.717) is 17.8 Å². The Labute approximate surface area is 177 Å². The van der Waals surface area contributed by atoms with Gasteiger partial charge >= 0.3 is 0 Å². The van der Waals surface area contributed by atoms with Gasteiger partial charge in [0, 0.05) is 42.8 Å². The predicted molar refractivity (Wildman–Crippen MR) is 120 cm³/mol. The number of anilines is 1. The molecule has 0 saturated carbocycles. The minimum atomic E-state index is -0.292. The van der Waals surface area contributed by atoms with E-state index in [1.165, 1.54) is 29.2 Å². The Morgan fingerprint density at radius 1 is 1.00 bits per heavy atom. The van der Waals surface area contributed by atoms with Crippen LogP contribution in [0.15, 0.2) is 64.8 Å². The smallest absolute Gasteiger partial charge is 0.260 e. The second-order valence-electron chi connectivity index (χ2n) is 7.45. The van der Waals surface area contributed by atoms with Crippen molar-refractivity contribution in [2.75, 3.05) is 31.1 Å². The number of H-pyrrole nitrogens is 1. The second kappa shape index (κ2) is 8.01. The van der Waals surface area contributed by atoms with Gasteiger partial charge in [0.1, 0.15) is 16.5 Å². The first-order valence-electron chi connectivity index (χ1n) is 9.96. The van der Waals surface area contributed by atoms with Crippen LogP contribution in [0.25, 0.3) is 21.3 Å². The molecule has 0 aliphatic carbocycles. The molecule has 3 heterocycles. The summed E-state index contributed by atoms with van der Waals surface area (Å²) in [7, 11) is 0. The van der Waals surface area contributed by atoms with E-state index in [2.05, 4.69) is 39.0 Å². The Morgan fingerprint density at radius 2 is 1.73 bits per heavy atom. The zero-order valence-corrected chi connectivity index (χ0v) is 17.2. The molecule has 30 heavy (non-hydrogen) atoms. The molecule has 1 aliphatic rings. The van der Waals surface area contributed by atoms with E-state index in [-0.39, 0.29) is 11.4 Å². The average Bonchev–Trinajstić information content (AvgIpc) is 3.20. The zero-order chi connectivity index (χ0) is 20.5. The second-order valence-corrected chi connectivity index (χ2v) is 8.31. The number of benzene rings is 2. The highest BCUT2D eigenvalue weighted by atomic mass is 32.1. The lowest BCUT2D eigenvalue weighted by Crippen LogP contribution is -2.46. The Kier molecular flexibility index (Phi) is 5.06. The van der Waals surface area contributed by atoms with Crippen molar-refractivity contribution in [1.29, 1.82) is 0 Å². The molecular formula is C23H21FN4OS. The lowest BCUT2D eigenvalue weighted by atomic mass is 10.1. The standard InChI is InChI=1S/C23H21FN4OS/c24-17-8-6-16(7-9-17)19-15-30-23-21(19)22(29)25-20(26-23)14-27-10-12-28(13-11-27)18-4-2-1-3-5-18/h1-9,15H,10-14H2,(H,25,26,29). The largest absolute Gasteiger partial charge is 0.369 e. The van der Waals surface area contributed by atoms with Gasteiger partial charge in [0.05, 0.1) is 11.9 Å². The minimum Gasteiger partial charge on any atom is -0.369 e. The number of hydrogen-bond acceptors (Lipinski definition) is 5. The van der Waals surface area contributed by atoms with E-state index in [1.54, 1.807) is 12.1 Å². The van der Waals surface area contributed by atoms with Crippen molar-refractivity contribution in [2.24, 2.45) is 0 Å². The van der Waals surface area contributed by atoms with Gasteiger partial charge in [-0.15, -0.1) is 11.3 Å². The van der Waals surface area contributed by atoms with Crippen LogP contribution in [0.3, 0.4) is 0 Å². The number of nitrogens with zero attached hydrogens (tertiary/aromatic N) is 3. The molecule has 1 fully saturated rings. The summed E-state index contributed by atoms with van der Waals surface area (Å²) in [4.78, 5) is 25.9. The number of para-hydroxylation sites is 1. The maximum Gasteiger partial charge on any atom is 0.260 e. The maximum atomic E-state index is 13.2. The van der Waals surface area contributed by atoms with Gasteiger partial charge in [-0.25, -0.2) is 9.37 Å². The Bertz CT molecular complexity index is 1210. The Morgan fingerprint density at radius 3 is 2.47 bits per heavy atom. The van der Waals surface area contributed by atoms with Gasteiger partial charge in [-0.3, -0.25) is 9.69 Å². The average molecular weight is 421 g/mol. The number of halogens is 1. The fourth-order valence-corrected chi connectivity index (χ4v) is 4.89. The Hall–Kier alpha value is -3.03. The van der Waals surface area contributed by atoms with Gasteiger partial charge in [-0.1, -0.05) is 30.3 Å². The van der Waals surface area contributed by atoms with Crippen LogP contribution in [0.1, 0.15) is 5.82 Å². The number of hydrogen-bond donors (Lipinski definition) is 1. The van der Waals surface area contributed by atoms with Crippen LogP contribution in [-0.2, 0) is 6.54 Å². The van der Waals surface area contributed by atoms with Crippen molar-refractivity contribution in [3.05, 3.63) is 82.0 Å². The topological polar surface area (TPSA) is 52.2 Å². The molecule has 0 atom stereocenters. The van der Waals surface area contributed by atoms with Crippen LogP contribution in [0.5, 0.6) is 0 Å². The van der Waals surface area contributed by atoms with Crippen molar-refractivity contribution in [3.8, 4) is 11.1 Å². The molecule has 0 amide bonds. The van der Waals surface area contributed by atoms with E-state index < -0.39 is 0 Å². The van der Waals surface area contributed by atoms with Gasteiger partial charge in [-0.2, -0.15) is 0 Å². The number of rotatable bonds is 4. The first-order chi connectivity index (χ1) is 14.7. The molecule has 0 bridgehead atoms. The number of nitrogens with one attached hydrogen (secondary N) is 1. The van der Waals surface area contributed by atoms with Crippen LogP contribution in [0, 0.1) is 5.82 Å². The van der Waals surface area contributed by atoms with Crippen LogP contribution >= 0.6 is 11.3 Å². The number of thiophene rings is 1. The lowest BCUT2D eigenvalue weighted by Gasteiger charge is -2.35. The molecule has 1 N–H and O–H groups in total. The SMILES string of the molecule is O=c1[nH]c(CN2CCN(c3ccccc3)CC2)nc2scc(-c3ccc(F)cc3)c12. The van der Waals surface area contributed by atoms with E-state index in [9.17, 15) is 9.18 Å². The van der Waals surface area contributed by atoms with Crippen LogP contribution in [0.4, 0.5) is 10.1 Å². The van der Waals surface area contributed by atoms with Gasteiger partial charge in [-0.05, 0) is 29.8 Å². The summed E-state index contributed by atoms with van der Waals surface area (Å²) in [5.74, 6) is 0.396. The summed E-state index contributed by atoms with van der Waals surface area (Å²) in [5.41, 5.74) is 2.72. The molecule has 5 rings (SSSR count). The number of aromatic nitrogens is 2. The molecule has 2 aromatic carbocycles. The molecule has 0 unspecified atom stereocenters. The highest BCUT2D eigenvalue weighted by Crippen LogP contribution is 2.30. The minimum absolute atomic E-state index is 0.140. The quantitative estimate of drug-likeness (QED) is 0.540. The summed E-state index contributed by atoms with van der Waals surface area (Å²) in [5, 5.41) is 2.49. The summed E-state index contributed by atoms with van der Waals surface area (Å²) in [6.07, 6.45) is 0. The highest BCUT2D eigenvalue weighted by Gasteiger charge is 2.19. The third-order valence-electron chi connectivity index (χ3n) is 5.52. The van der Waals surface area contributed by atoms with Gasteiger partial charge in [0.25, 0.3) is 5.56 Å². The fraction of sp³-hybridized carbons (Fsp3) is 0.217. The van der Waals surface area contributed by atoms with Crippen LogP contribution in [-0.4, -0.2) is 41.0 Å². The summed E-state index contributed by atoms with van der Waals surface area (Å²) >= 11 is 1.45. The van der Waals surface area contributed by atoms with Crippen molar-refractivity contribution < 1.29 is 4.39 Å². The molecular weight excluding hydrogens is 399 g/mol. The predicted octanol–water partition coefficient (Wildman–Crippen LogP) is 4.11. The molecule has 0 spiro atoms. The van der Waals surface area contributed by atoms with E-state index in [4.69, 9.17) is 4.98 Å². The van der Waals surface area contributed by atoms with E-state index in [1.807, 2.05) is 11.4 Å². The zero-order valence-electron chi connectivity index (χ0n) is 16.3. The third-order valence-corrected chi connectivity index (χ3v) is 6.39. The molecule has 4 aromatic rings. The first-order valence-corrected chi connectivity index (χ1v) is 10.8. The number of piperazine rings is 1. The number of aromatic amines is 1. The summed E-state index contributed by atoms with van der Waals surface area (Å²) in [6, 6.07) is 16.6. The Balaban J connectivity index is 1.33. The third kappa shape index (κ3) is 3.74. The van der Waals surface area contributed by atoms with Crippen LogP contribution < -0.4 is 10.5 Å². The highest BCUT2D eigenvalue weighted by molar-refractivity contribution is 7.17. The monoisotopic (exact) mass is 420 g/mol. The maximum absolute atomic E-state index is 13.2. The normalized spacial score (nSPS) is 15.0. The van der Waals surface area contributed by atoms with Crippen LogP contribution in [0.2, 0.25) is 0 Å². The first kappa shape index (κ1) is 19.0. The van der Waals surface area contributed by atoms with Gasteiger partial charge < -0.3 is 9.88 Å². The number of fused-ring (bicyclic) bond motifs is 1. The van der Waals surface area contributed by atoms with Gasteiger partial charge in [0.15, 0.2) is 0 Å². The van der Waals surface area contributed by atoms with Crippen molar-refractivity contribution >= 4 is 27.2 Å². The van der Waals surface area contributed by atoms with E-state index >= 15 is 0 Å². The molecule has 5 nitrogen and oxygen atoms in total. The lowest BCUT2D eigenvalue weighted by molar-refractivity contribution is 0.244. The van der Waals surface area contributed by atoms with Gasteiger partial charge in [0.2, 0.25) is 0 Å². The van der Waals surface area contributed by atoms with Crippen molar-refractivity contribution in [1.82, 2.24) is 14.9 Å².